The predicted octanol–water partition coefficient (Wildman–Crippen LogP) is 3.78. The first kappa shape index (κ1) is 12.8. The van der Waals surface area contributed by atoms with E-state index in [1.807, 2.05) is 42.5 Å². The van der Waals surface area contributed by atoms with E-state index in [1.54, 1.807) is 11.8 Å². The molecule has 0 bridgehead atoms. The molecule has 98 valence electrons. The van der Waals surface area contributed by atoms with E-state index in [-0.39, 0.29) is 5.25 Å². The maximum absolute atomic E-state index is 8.86. The third-order valence-corrected chi connectivity index (χ3v) is 4.53. The van der Waals surface area contributed by atoms with Gasteiger partial charge in [0.2, 0.25) is 0 Å². The highest BCUT2D eigenvalue weighted by Crippen LogP contribution is 2.44. The van der Waals surface area contributed by atoms with E-state index >= 15 is 0 Å². The van der Waals surface area contributed by atoms with Gasteiger partial charge in [0.05, 0.1) is 17.3 Å². The number of hydrogen-bond donors (Lipinski definition) is 1. The third-order valence-electron chi connectivity index (χ3n) is 3.20. The van der Waals surface area contributed by atoms with Gasteiger partial charge in [-0.15, -0.1) is 11.8 Å². The maximum atomic E-state index is 8.86. The normalized spacial score (nSPS) is 17.6. The van der Waals surface area contributed by atoms with Gasteiger partial charge in [0, 0.05) is 16.6 Å². The Bertz CT molecular complexity index is 698. The van der Waals surface area contributed by atoms with Gasteiger partial charge in [0.25, 0.3) is 0 Å². The number of para-hydroxylation sites is 1. The van der Waals surface area contributed by atoms with Gasteiger partial charge in [-0.25, -0.2) is 4.99 Å². The van der Waals surface area contributed by atoms with Crippen molar-refractivity contribution in [1.82, 2.24) is 0 Å². The molecule has 20 heavy (non-hydrogen) atoms. The minimum Gasteiger partial charge on any atom is -0.387 e. The summed E-state index contributed by atoms with van der Waals surface area (Å²) in [7, 11) is 0. The molecule has 0 fully saturated rings. The SMILES string of the molecule is N#Cc1ccc(C2CC(N)=Nc3ccccc3S2)cc1. The van der Waals surface area contributed by atoms with Gasteiger partial charge < -0.3 is 5.73 Å². The fourth-order valence-electron chi connectivity index (χ4n) is 2.19. The molecule has 1 aliphatic heterocycles. The van der Waals surface area contributed by atoms with Gasteiger partial charge in [-0.05, 0) is 29.8 Å². The quantitative estimate of drug-likeness (QED) is 0.864. The van der Waals surface area contributed by atoms with Crippen LogP contribution in [0.25, 0.3) is 0 Å². The summed E-state index contributed by atoms with van der Waals surface area (Å²) < 4.78 is 0. The predicted molar refractivity (Wildman–Crippen MR) is 82.1 cm³/mol. The molecule has 1 aliphatic rings. The van der Waals surface area contributed by atoms with E-state index in [0.717, 1.165) is 10.6 Å². The number of rotatable bonds is 1. The minimum absolute atomic E-state index is 0.232. The van der Waals surface area contributed by atoms with Crippen LogP contribution in [0.5, 0.6) is 0 Å². The van der Waals surface area contributed by atoms with Gasteiger partial charge in [-0.1, -0.05) is 24.3 Å². The minimum atomic E-state index is 0.232. The van der Waals surface area contributed by atoms with Crippen LogP contribution in [0.3, 0.4) is 0 Å². The molecule has 2 aromatic carbocycles. The molecule has 0 radical (unpaired) electrons. The van der Waals surface area contributed by atoms with Crippen molar-refractivity contribution in [2.45, 2.75) is 16.6 Å². The van der Waals surface area contributed by atoms with E-state index in [9.17, 15) is 0 Å². The molecule has 0 spiro atoms. The van der Waals surface area contributed by atoms with E-state index in [2.05, 4.69) is 17.1 Å². The maximum Gasteiger partial charge on any atom is 0.101 e. The molecule has 0 saturated carbocycles. The van der Waals surface area contributed by atoms with Crippen LogP contribution in [0.1, 0.15) is 22.8 Å². The van der Waals surface area contributed by atoms with Crippen LogP contribution < -0.4 is 5.73 Å². The van der Waals surface area contributed by atoms with Crippen molar-refractivity contribution in [2.24, 2.45) is 10.7 Å². The third kappa shape index (κ3) is 2.54. The summed E-state index contributed by atoms with van der Waals surface area (Å²) in [6.07, 6.45) is 0.714. The Hall–Kier alpha value is -2.25. The molecule has 0 aliphatic carbocycles. The molecule has 0 saturated heterocycles. The highest BCUT2D eigenvalue weighted by molar-refractivity contribution is 7.99. The van der Waals surface area contributed by atoms with Crippen molar-refractivity contribution in [3.05, 3.63) is 59.7 Å². The van der Waals surface area contributed by atoms with E-state index in [0.29, 0.717) is 17.8 Å². The lowest BCUT2D eigenvalue weighted by Gasteiger charge is -2.14. The zero-order chi connectivity index (χ0) is 13.9. The molecule has 1 heterocycles. The summed E-state index contributed by atoms with van der Waals surface area (Å²) in [5.74, 6) is 0.650. The van der Waals surface area contributed by atoms with Crippen LogP contribution in [0.4, 0.5) is 5.69 Å². The molecular weight excluding hydrogens is 266 g/mol. The van der Waals surface area contributed by atoms with Crippen LogP contribution in [-0.4, -0.2) is 5.84 Å². The number of aliphatic imine (C=N–C) groups is 1. The topological polar surface area (TPSA) is 62.2 Å². The molecule has 1 unspecified atom stereocenters. The van der Waals surface area contributed by atoms with Crippen LogP contribution in [0.15, 0.2) is 58.4 Å². The number of nitrogens with two attached hydrogens (primary N) is 1. The van der Waals surface area contributed by atoms with Crippen molar-refractivity contribution >= 4 is 23.3 Å². The van der Waals surface area contributed by atoms with Gasteiger partial charge in [-0.3, -0.25) is 0 Å². The Kier molecular flexibility index (Phi) is 3.44. The number of thioether (sulfide) groups is 1. The molecule has 0 aromatic heterocycles. The van der Waals surface area contributed by atoms with Crippen molar-refractivity contribution in [3.8, 4) is 6.07 Å². The number of benzene rings is 2. The lowest BCUT2D eigenvalue weighted by Crippen LogP contribution is -2.13. The average molecular weight is 279 g/mol. The number of hydrogen-bond acceptors (Lipinski definition) is 4. The molecule has 3 rings (SSSR count). The Labute approximate surface area is 122 Å². The van der Waals surface area contributed by atoms with Crippen molar-refractivity contribution in [1.29, 1.82) is 5.26 Å². The second kappa shape index (κ2) is 5.40. The first-order valence-corrected chi connectivity index (χ1v) is 7.23. The highest BCUT2D eigenvalue weighted by atomic mass is 32.2. The number of amidine groups is 1. The highest BCUT2D eigenvalue weighted by Gasteiger charge is 2.20. The van der Waals surface area contributed by atoms with Crippen molar-refractivity contribution in [2.75, 3.05) is 0 Å². The lowest BCUT2D eigenvalue weighted by atomic mass is 10.1. The summed E-state index contributed by atoms with van der Waals surface area (Å²) in [5.41, 5.74) is 8.80. The van der Waals surface area contributed by atoms with Crippen molar-refractivity contribution < 1.29 is 0 Å². The van der Waals surface area contributed by atoms with Crippen LogP contribution in [0, 0.1) is 11.3 Å². The van der Waals surface area contributed by atoms with Gasteiger partial charge in [0.15, 0.2) is 0 Å². The summed E-state index contributed by atoms with van der Waals surface area (Å²) in [6, 6.07) is 17.9. The first-order valence-electron chi connectivity index (χ1n) is 6.35. The lowest BCUT2D eigenvalue weighted by molar-refractivity contribution is 0.999. The Morgan fingerprint density at radius 3 is 2.65 bits per heavy atom. The fourth-order valence-corrected chi connectivity index (χ4v) is 3.44. The van der Waals surface area contributed by atoms with E-state index in [1.165, 1.54) is 5.56 Å². The number of fused-ring (bicyclic) bond motifs is 1. The number of nitrogens with zero attached hydrogens (tertiary/aromatic N) is 2. The first-order chi connectivity index (χ1) is 9.76. The largest absolute Gasteiger partial charge is 0.387 e. The van der Waals surface area contributed by atoms with E-state index in [4.69, 9.17) is 11.0 Å². The summed E-state index contributed by atoms with van der Waals surface area (Å²) in [4.78, 5) is 5.61. The molecule has 2 N–H and O–H groups in total. The van der Waals surface area contributed by atoms with Crippen molar-refractivity contribution in [3.63, 3.8) is 0 Å². The van der Waals surface area contributed by atoms with E-state index < -0.39 is 0 Å². The fraction of sp³-hybridized carbons (Fsp3) is 0.125. The summed E-state index contributed by atoms with van der Waals surface area (Å²) in [6.45, 7) is 0. The molecule has 2 aromatic rings. The zero-order valence-corrected chi connectivity index (χ0v) is 11.6. The Morgan fingerprint density at radius 1 is 1.15 bits per heavy atom. The molecule has 3 nitrogen and oxygen atoms in total. The zero-order valence-electron chi connectivity index (χ0n) is 10.8. The van der Waals surface area contributed by atoms with Crippen LogP contribution >= 0.6 is 11.8 Å². The van der Waals surface area contributed by atoms with Gasteiger partial charge >= 0.3 is 0 Å². The Balaban J connectivity index is 1.96. The standard InChI is InChI=1S/C16H13N3S/c17-10-11-5-7-12(8-6-11)15-9-16(18)19-13-3-1-2-4-14(13)20-15/h1-8,15H,9H2,(H2,18,19). The average Bonchev–Trinajstić information content (AvgIpc) is 2.65. The summed E-state index contributed by atoms with van der Waals surface area (Å²) >= 11 is 1.77. The van der Waals surface area contributed by atoms with Gasteiger partial charge in [-0.2, -0.15) is 5.26 Å². The second-order valence-electron chi connectivity index (χ2n) is 4.62. The van der Waals surface area contributed by atoms with Gasteiger partial charge in [0.1, 0.15) is 5.84 Å². The number of nitriles is 1. The van der Waals surface area contributed by atoms with Crippen LogP contribution in [-0.2, 0) is 0 Å². The second-order valence-corrected chi connectivity index (χ2v) is 5.86. The smallest absolute Gasteiger partial charge is 0.101 e. The summed E-state index contributed by atoms with van der Waals surface area (Å²) in [5, 5.41) is 9.09. The molecule has 1 atom stereocenters. The Morgan fingerprint density at radius 2 is 1.90 bits per heavy atom. The molecule has 4 heteroatoms. The molecular formula is C16H13N3S. The molecule has 0 amide bonds. The monoisotopic (exact) mass is 279 g/mol. The van der Waals surface area contributed by atoms with Crippen LogP contribution in [0.2, 0.25) is 0 Å².